The Morgan fingerprint density at radius 2 is 1.74 bits per heavy atom. The summed E-state index contributed by atoms with van der Waals surface area (Å²) in [5, 5.41) is 0. The average molecular weight is 414 g/mol. The first kappa shape index (κ1) is 19.8. The van der Waals surface area contributed by atoms with Gasteiger partial charge in [-0.1, -0.05) is 60.7 Å². The molecule has 3 aromatic rings. The van der Waals surface area contributed by atoms with Gasteiger partial charge in [-0.05, 0) is 42.2 Å². The lowest BCUT2D eigenvalue weighted by Gasteiger charge is -2.49. The molecule has 2 heterocycles. The van der Waals surface area contributed by atoms with E-state index in [-0.39, 0.29) is 18.1 Å². The molecule has 1 saturated heterocycles. The fourth-order valence-corrected chi connectivity index (χ4v) is 5.14. The summed E-state index contributed by atoms with van der Waals surface area (Å²) in [4.78, 5) is 14.5. The van der Waals surface area contributed by atoms with Crippen LogP contribution in [0.25, 0.3) is 0 Å². The first-order chi connectivity index (χ1) is 15.3. The fraction of sp³-hybridized carbons (Fsp3) is 0.296. The maximum atomic E-state index is 11.9. The molecule has 3 unspecified atom stereocenters. The van der Waals surface area contributed by atoms with Crippen molar-refractivity contribution >= 4 is 11.7 Å². The first-order valence-electron chi connectivity index (χ1n) is 11.0. The molecule has 4 heteroatoms. The van der Waals surface area contributed by atoms with E-state index >= 15 is 0 Å². The van der Waals surface area contributed by atoms with Crippen LogP contribution in [-0.2, 0) is 16.0 Å². The molecule has 0 aromatic heterocycles. The van der Waals surface area contributed by atoms with Crippen molar-refractivity contribution in [2.45, 2.75) is 31.5 Å². The number of ether oxygens (including phenoxy) is 2. The van der Waals surface area contributed by atoms with E-state index in [0.717, 1.165) is 26.0 Å². The number of hydrogen-bond donors (Lipinski definition) is 0. The molecular weight excluding hydrogens is 386 g/mol. The molecule has 4 nitrogen and oxygen atoms in total. The second-order valence-corrected chi connectivity index (χ2v) is 8.33. The molecule has 2 aliphatic rings. The van der Waals surface area contributed by atoms with Crippen LogP contribution in [0.4, 0.5) is 5.69 Å². The van der Waals surface area contributed by atoms with Crippen molar-refractivity contribution in [3.05, 3.63) is 101 Å². The van der Waals surface area contributed by atoms with E-state index in [9.17, 15) is 4.79 Å². The number of fused-ring (bicyclic) bond motifs is 3. The van der Waals surface area contributed by atoms with Gasteiger partial charge in [0.15, 0.2) is 0 Å². The molecular formula is C27H27NO3. The van der Waals surface area contributed by atoms with Crippen molar-refractivity contribution in [2.75, 3.05) is 18.6 Å². The molecule has 158 valence electrons. The number of esters is 1. The van der Waals surface area contributed by atoms with E-state index in [0.29, 0.717) is 11.5 Å². The summed E-state index contributed by atoms with van der Waals surface area (Å²) in [5.41, 5.74) is 5.58. The topological polar surface area (TPSA) is 38.8 Å². The highest BCUT2D eigenvalue weighted by molar-refractivity contribution is 5.89. The lowest BCUT2D eigenvalue weighted by molar-refractivity contribution is -0.0430. The van der Waals surface area contributed by atoms with Gasteiger partial charge in [0.05, 0.1) is 24.8 Å². The van der Waals surface area contributed by atoms with Gasteiger partial charge in [0.2, 0.25) is 0 Å². The third-order valence-corrected chi connectivity index (χ3v) is 6.53. The van der Waals surface area contributed by atoms with Crippen LogP contribution in [0.2, 0.25) is 0 Å². The summed E-state index contributed by atoms with van der Waals surface area (Å²) in [6.45, 7) is 1.63. The summed E-state index contributed by atoms with van der Waals surface area (Å²) in [7, 11) is 1.42. The lowest BCUT2D eigenvalue weighted by Crippen LogP contribution is -2.43. The summed E-state index contributed by atoms with van der Waals surface area (Å²) in [6, 6.07) is 27.3. The molecule has 0 aliphatic carbocycles. The molecule has 2 aliphatic heterocycles. The number of rotatable bonds is 4. The normalized spacial score (nSPS) is 22.4. The predicted molar refractivity (Wildman–Crippen MR) is 121 cm³/mol. The monoisotopic (exact) mass is 413 g/mol. The number of methoxy groups -OCH3 is 1. The molecule has 1 fully saturated rings. The Labute approximate surface area is 183 Å². The number of nitrogens with zero attached hydrogens (tertiary/aromatic N) is 1. The van der Waals surface area contributed by atoms with Gasteiger partial charge in [-0.3, -0.25) is 0 Å². The van der Waals surface area contributed by atoms with Crippen molar-refractivity contribution in [1.82, 2.24) is 0 Å². The van der Waals surface area contributed by atoms with E-state index in [1.807, 2.05) is 12.1 Å². The zero-order chi connectivity index (χ0) is 21.2. The average Bonchev–Trinajstić information content (AvgIpc) is 2.84. The van der Waals surface area contributed by atoms with E-state index < -0.39 is 0 Å². The number of para-hydroxylation sites is 1. The minimum atomic E-state index is -0.305. The SMILES string of the molecule is COC(=O)c1ccc(C2C3CCCOC3c3ccccc3N2Cc2ccccc2)cc1. The van der Waals surface area contributed by atoms with Crippen molar-refractivity contribution in [2.24, 2.45) is 5.92 Å². The number of carbonyl (C=O) groups is 1. The standard InChI is InChI=1S/C27H27NO3/c1-30-27(29)21-15-13-20(14-16-21)25-23-11-7-17-31-26(23)22-10-5-6-12-24(22)28(25)18-19-8-3-2-4-9-19/h2-6,8-10,12-16,23,25-26H,7,11,17-18H2,1H3. The number of hydrogen-bond acceptors (Lipinski definition) is 4. The highest BCUT2D eigenvalue weighted by Gasteiger charge is 2.43. The van der Waals surface area contributed by atoms with E-state index in [1.54, 1.807) is 0 Å². The highest BCUT2D eigenvalue weighted by Crippen LogP contribution is 2.52. The van der Waals surface area contributed by atoms with Crippen LogP contribution in [0.1, 0.15) is 52.0 Å². The fourth-order valence-electron chi connectivity index (χ4n) is 5.14. The number of carbonyl (C=O) groups excluding carboxylic acids is 1. The summed E-state index contributed by atoms with van der Waals surface area (Å²) >= 11 is 0. The number of anilines is 1. The van der Waals surface area contributed by atoms with Gasteiger partial charge in [-0.2, -0.15) is 0 Å². The minimum absolute atomic E-state index is 0.0993. The summed E-state index contributed by atoms with van der Waals surface area (Å²) < 4.78 is 11.2. The van der Waals surface area contributed by atoms with Crippen molar-refractivity contribution < 1.29 is 14.3 Å². The van der Waals surface area contributed by atoms with Gasteiger partial charge < -0.3 is 14.4 Å². The van der Waals surface area contributed by atoms with Gasteiger partial charge in [0.1, 0.15) is 0 Å². The van der Waals surface area contributed by atoms with Crippen LogP contribution in [0, 0.1) is 5.92 Å². The lowest BCUT2D eigenvalue weighted by atomic mass is 9.76. The molecule has 0 saturated carbocycles. The maximum absolute atomic E-state index is 11.9. The van der Waals surface area contributed by atoms with Crippen molar-refractivity contribution in [1.29, 1.82) is 0 Å². The second-order valence-electron chi connectivity index (χ2n) is 8.33. The smallest absolute Gasteiger partial charge is 0.337 e. The molecule has 3 atom stereocenters. The summed E-state index contributed by atoms with van der Waals surface area (Å²) in [5.74, 6) is 0.0527. The largest absolute Gasteiger partial charge is 0.465 e. The molecule has 0 radical (unpaired) electrons. The Morgan fingerprint density at radius 1 is 1.00 bits per heavy atom. The zero-order valence-corrected chi connectivity index (χ0v) is 17.7. The Kier molecular flexibility index (Phi) is 5.47. The van der Waals surface area contributed by atoms with Gasteiger partial charge in [0, 0.05) is 30.3 Å². The third kappa shape index (κ3) is 3.72. The molecule has 0 N–H and O–H groups in total. The van der Waals surface area contributed by atoms with E-state index in [4.69, 9.17) is 9.47 Å². The zero-order valence-electron chi connectivity index (χ0n) is 17.7. The van der Waals surface area contributed by atoms with E-state index in [2.05, 4.69) is 71.6 Å². The number of benzene rings is 3. The molecule has 31 heavy (non-hydrogen) atoms. The molecule has 0 spiro atoms. The minimum Gasteiger partial charge on any atom is -0.465 e. The van der Waals surface area contributed by atoms with Crippen LogP contribution in [-0.4, -0.2) is 19.7 Å². The van der Waals surface area contributed by atoms with Crippen LogP contribution in [0.5, 0.6) is 0 Å². The third-order valence-electron chi connectivity index (χ3n) is 6.53. The molecule has 0 bridgehead atoms. The maximum Gasteiger partial charge on any atom is 0.337 e. The molecule has 3 aromatic carbocycles. The van der Waals surface area contributed by atoms with Gasteiger partial charge in [0.25, 0.3) is 0 Å². The van der Waals surface area contributed by atoms with Crippen molar-refractivity contribution in [3.8, 4) is 0 Å². The Hall–Kier alpha value is -3.11. The Balaban J connectivity index is 1.61. The molecule has 5 rings (SSSR count). The van der Waals surface area contributed by atoms with Crippen molar-refractivity contribution in [3.63, 3.8) is 0 Å². The van der Waals surface area contributed by atoms with E-state index in [1.165, 1.54) is 29.5 Å². The second kappa shape index (κ2) is 8.56. The van der Waals surface area contributed by atoms with Gasteiger partial charge in [-0.15, -0.1) is 0 Å². The quantitative estimate of drug-likeness (QED) is 0.514. The van der Waals surface area contributed by atoms with Crippen LogP contribution in [0.15, 0.2) is 78.9 Å². The van der Waals surface area contributed by atoms with Crippen LogP contribution in [0.3, 0.4) is 0 Å². The van der Waals surface area contributed by atoms with Gasteiger partial charge >= 0.3 is 5.97 Å². The first-order valence-corrected chi connectivity index (χ1v) is 11.0. The van der Waals surface area contributed by atoms with Crippen LogP contribution < -0.4 is 4.90 Å². The molecule has 0 amide bonds. The highest BCUT2D eigenvalue weighted by atomic mass is 16.5. The van der Waals surface area contributed by atoms with Gasteiger partial charge in [-0.25, -0.2) is 4.79 Å². The van der Waals surface area contributed by atoms with Crippen LogP contribution >= 0.6 is 0 Å². The Bertz CT molecular complexity index is 1050. The summed E-state index contributed by atoms with van der Waals surface area (Å²) in [6.07, 6.45) is 2.29. The predicted octanol–water partition coefficient (Wildman–Crippen LogP) is 5.70. The Morgan fingerprint density at radius 3 is 2.52 bits per heavy atom.